The van der Waals surface area contributed by atoms with Crippen LogP contribution in [-0.4, -0.2) is 38.8 Å². The molecular weight excluding hydrogens is 286 g/mol. The van der Waals surface area contributed by atoms with Crippen molar-refractivity contribution in [2.24, 2.45) is 5.92 Å². The van der Waals surface area contributed by atoms with E-state index in [1.54, 1.807) is 6.92 Å². The molecule has 8 heteroatoms. The van der Waals surface area contributed by atoms with Gasteiger partial charge in [-0.2, -0.15) is 9.97 Å². The maximum atomic E-state index is 5.68. The second kappa shape index (κ2) is 7.46. The second-order valence-electron chi connectivity index (χ2n) is 5.82. The maximum Gasteiger partial charge on any atom is 0.240 e. The normalized spacial score (nSPS) is 13.2. The first-order valence-electron chi connectivity index (χ1n) is 7.36. The highest BCUT2D eigenvalue weighted by Crippen LogP contribution is 2.15. The molecule has 0 bridgehead atoms. The first kappa shape index (κ1) is 16.6. The van der Waals surface area contributed by atoms with Crippen molar-refractivity contribution in [3.63, 3.8) is 0 Å². The van der Waals surface area contributed by atoms with Crippen LogP contribution in [-0.2, 0) is 17.8 Å². The van der Waals surface area contributed by atoms with Crippen LogP contribution in [0.15, 0.2) is 9.05 Å². The van der Waals surface area contributed by atoms with Crippen molar-refractivity contribution in [2.75, 3.05) is 13.7 Å². The van der Waals surface area contributed by atoms with Crippen LogP contribution >= 0.6 is 0 Å². The molecule has 0 amide bonds. The second-order valence-corrected chi connectivity index (χ2v) is 5.82. The van der Waals surface area contributed by atoms with E-state index in [1.807, 2.05) is 18.9 Å². The van der Waals surface area contributed by atoms with Crippen molar-refractivity contribution in [1.82, 2.24) is 25.2 Å². The Labute approximate surface area is 129 Å². The van der Waals surface area contributed by atoms with Crippen LogP contribution in [0, 0.1) is 12.8 Å². The first-order chi connectivity index (χ1) is 10.4. The quantitative estimate of drug-likeness (QED) is 0.732. The van der Waals surface area contributed by atoms with Crippen molar-refractivity contribution < 1.29 is 13.8 Å². The molecule has 2 heterocycles. The Balaban J connectivity index is 1.85. The summed E-state index contributed by atoms with van der Waals surface area (Å²) >= 11 is 0. The van der Waals surface area contributed by atoms with Crippen molar-refractivity contribution in [3.05, 3.63) is 23.4 Å². The monoisotopic (exact) mass is 309 g/mol. The molecule has 0 aliphatic carbocycles. The summed E-state index contributed by atoms with van der Waals surface area (Å²) in [7, 11) is 1.92. The summed E-state index contributed by atoms with van der Waals surface area (Å²) in [6.45, 7) is 9.61. The third kappa shape index (κ3) is 4.88. The number of hydrogen-bond acceptors (Lipinski definition) is 8. The first-order valence-corrected chi connectivity index (χ1v) is 7.36. The van der Waals surface area contributed by atoms with E-state index in [2.05, 4.69) is 34.1 Å². The zero-order valence-electron chi connectivity index (χ0n) is 13.7. The molecule has 0 N–H and O–H groups in total. The molecule has 0 fully saturated rings. The lowest BCUT2D eigenvalue weighted by atomic mass is 10.2. The Morgan fingerprint density at radius 2 is 1.86 bits per heavy atom. The molecule has 2 rings (SSSR count). The van der Waals surface area contributed by atoms with Crippen molar-refractivity contribution in [1.29, 1.82) is 0 Å². The van der Waals surface area contributed by atoms with Crippen LogP contribution in [0.4, 0.5) is 0 Å². The summed E-state index contributed by atoms with van der Waals surface area (Å²) in [5.41, 5.74) is 0. The topological polar surface area (TPSA) is 90.3 Å². The fourth-order valence-electron chi connectivity index (χ4n) is 1.84. The zero-order chi connectivity index (χ0) is 16.1. The van der Waals surface area contributed by atoms with Crippen molar-refractivity contribution in [3.8, 4) is 0 Å². The Bertz CT molecular complexity index is 581. The lowest BCUT2D eigenvalue weighted by Gasteiger charge is -2.11. The van der Waals surface area contributed by atoms with Gasteiger partial charge in [0.05, 0.1) is 13.1 Å². The molecule has 1 atom stereocenters. The number of ether oxygens (including phenoxy) is 1. The number of aryl methyl sites for hydroxylation is 1. The van der Waals surface area contributed by atoms with Gasteiger partial charge in [0.15, 0.2) is 11.6 Å². The summed E-state index contributed by atoms with van der Waals surface area (Å²) in [4.78, 5) is 10.5. The Kier molecular flexibility index (Phi) is 5.62. The number of nitrogens with zero attached hydrogens (tertiary/aromatic N) is 5. The summed E-state index contributed by atoms with van der Waals surface area (Å²) in [6, 6.07) is 0. The molecular formula is C14H23N5O3. The van der Waals surface area contributed by atoms with Gasteiger partial charge in [-0.3, -0.25) is 4.90 Å². The van der Waals surface area contributed by atoms with Crippen LogP contribution in [0.3, 0.4) is 0 Å². The minimum Gasteiger partial charge on any atom is -0.370 e. The lowest BCUT2D eigenvalue weighted by Crippen LogP contribution is -2.18. The maximum absolute atomic E-state index is 5.68. The van der Waals surface area contributed by atoms with Gasteiger partial charge in [0.2, 0.25) is 11.8 Å². The highest BCUT2D eigenvalue weighted by molar-refractivity contribution is 4.91. The van der Waals surface area contributed by atoms with Gasteiger partial charge in [0.25, 0.3) is 0 Å². The smallest absolute Gasteiger partial charge is 0.240 e. The average molecular weight is 309 g/mol. The van der Waals surface area contributed by atoms with E-state index in [1.165, 1.54) is 0 Å². The molecule has 0 aliphatic heterocycles. The van der Waals surface area contributed by atoms with Gasteiger partial charge >= 0.3 is 0 Å². The van der Waals surface area contributed by atoms with Crippen LogP contribution in [0.2, 0.25) is 0 Å². The van der Waals surface area contributed by atoms with Crippen LogP contribution in [0.5, 0.6) is 0 Å². The van der Waals surface area contributed by atoms with E-state index >= 15 is 0 Å². The Hall–Kier alpha value is -1.80. The van der Waals surface area contributed by atoms with E-state index in [0.29, 0.717) is 49.0 Å². The predicted octanol–water partition coefficient (Wildman–Crippen LogP) is 2.13. The van der Waals surface area contributed by atoms with Gasteiger partial charge < -0.3 is 13.8 Å². The minimum absolute atomic E-state index is 0.176. The SMILES string of the molecule is Cc1nc(CN(C)Cc2nc(C(C)OCC(C)C)no2)no1. The van der Waals surface area contributed by atoms with Gasteiger partial charge in [0, 0.05) is 13.5 Å². The number of rotatable bonds is 8. The highest BCUT2D eigenvalue weighted by atomic mass is 16.5. The molecule has 2 aromatic heterocycles. The standard InChI is InChI=1S/C14H23N5O3/c1-9(2)8-20-10(3)14-16-13(22-18-14)7-19(5)6-12-15-11(4)21-17-12/h9-10H,6-8H2,1-5H3. The van der Waals surface area contributed by atoms with Crippen LogP contribution < -0.4 is 0 Å². The van der Waals surface area contributed by atoms with E-state index in [4.69, 9.17) is 13.8 Å². The zero-order valence-corrected chi connectivity index (χ0v) is 13.7. The fraction of sp³-hybridized carbons (Fsp3) is 0.714. The molecule has 0 spiro atoms. The molecule has 22 heavy (non-hydrogen) atoms. The largest absolute Gasteiger partial charge is 0.370 e. The fourth-order valence-corrected chi connectivity index (χ4v) is 1.84. The molecule has 1 unspecified atom stereocenters. The number of hydrogen-bond donors (Lipinski definition) is 0. The summed E-state index contributed by atoms with van der Waals surface area (Å²) < 4.78 is 15.9. The molecule has 122 valence electrons. The molecule has 2 aromatic rings. The highest BCUT2D eigenvalue weighted by Gasteiger charge is 2.16. The molecule has 0 aliphatic rings. The molecule has 0 radical (unpaired) electrons. The molecule has 0 saturated carbocycles. The summed E-state index contributed by atoms with van der Waals surface area (Å²) in [5, 5.41) is 7.83. The third-order valence-corrected chi connectivity index (χ3v) is 2.91. The van der Waals surface area contributed by atoms with Crippen molar-refractivity contribution in [2.45, 2.75) is 46.9 Å². The third-order valence-electron chi connectivity index (χ3n) is 2.91. The minimum atomic E-state index is -0.176. The number of aromatic nitrogens is 4. The van der Waals surface area contributed by atoms with E-state index < -0.39 is 0 Å². The van der Waals surface area contributed by atoms with Gasteiger partial charge in [0.1, 0.15) is 6.10 Å². The van der Waals surface area contributed by atoms with Gasteiger partial charge in [-0.25, -0.2) is 0 Å². The van der Waals surface area contributed by atoms with Gasteiger partial charge in [-0.15, -0.1) is 0 Å². The van der Waals surface area contributed by atoms with Crippen LogP contribution in [0.1, 0.15) is 50.3 Å². The van der Waals surface area contributed by atoms with E-state index in [0.717, 1.165) is 0 Å². The Morgan fingerprint density at radius 1 is 1.09 bits per heavy atom. The summed E-state index contributed by atoms with van der Waals surface area (Å²) in [6.07, 6.45) is -0.176. The lowest BCUT2D eigenvalue weighted by molar-refractivity contribution is 0.0402. The van der Waals surface area contributed by atoms with Gasteiger partial charge in [-0.1, -0.05) is 24.2 Å². The Morgan fingerprint density at radius 3 is 2.50 bits per heavy atom. The average Bonchev–Trinajstić information content (AvgIpc) is 3.05. The van der Waals surface area contributed by atoms with E-state index in [9.17, 15) is 0 Å². The van der Waals surface area contributed by atoms with E-state index in [-0.39, 0.29) is 6.10 Å². The molecule has 8 nitrogen and oxygen atoms in total. The summed E-state index contributed by atoms with van der Waals surface area (Å²) in [5.74, 6) is 2.77. The predicted molar refractivity (Wildman–Crippen MR) is 77.7 cm³/mol. The van der Waals surface area contributed by atoms with Crippen molar-refractivity contribution >= 4 is 0 Å². The van der Waals surface area contributed by atoms with Crippen LogP contribution in [0.25, 0.3) is 0 Å². The van der Waals surface area contributed by atoms with Gasteiger partial charge in [-0.05, 0) is 19.9 Å². The molecule has 0 aromatic carbocycles. The molecule has 0 saturated heterocycles.